The van der Waals surface area contributed by atoms with Crippen LogP contribution in [0.2, 0.25) is 5.02 Å². The molecule has 2 aliphatic heterocycles. The summed E-state index contributed by atoms with van der Waals surface area (Å²) in [4.78, 5) is 35.5. The van der Waals surface area contributed by atoms with Crippen LogP contribution in [0.4, 0.5) is 11.4 Å². The van der Waals surface area contributed by atoms with Crippen molar-refractivity contribution >= 4 is 34.8 Å². The van der Waals surface area contributed by atoms with Crippen molar-refractivity contribution in [1.29, 1.82) is 0 Å². The van der Waals surface area contributed by atoms with Gasteiger partial charge in [0.05, 0.1) is 23.0 Å². The van der Waals surface area contributed by atoms with Gasteiger partial charge in [0.15, 0.2) is 11.2 Å². The highest BCUT2D eigenvalue weighted by molar-refractivity contribution is 6.31. The molecule has 1 N–H and O–H groups in total. The van der Waals surface area contributed by atoms with Gasteiger partial charge in [0.2, 0.25) is 0 Å². The standard InChI is InChI=1S/C32H31ClN4O3/c1-17(2)36-28-27(35-29(36)22-9-7-8-10-26(22)40-18(3)4)30(38)37(25-16-21(33)13-12-20(25)6)32(28)23-14-11-19(5)15-24(23)34-31(32)39/h7-18H,1-6H3,(H,34,39). The normalized spacial score (nSPS) is 17.7. The lowest BCUT2D eigenvalue weighted by atomic mass is 9.86. The molecular weight excluding hydrogens is 524 g/mol. The molecule has 1 unspecified atom stereocenters. The maximum absolute atomic E-state index is 14.5. The van der Waals surface area contributed by atoms with E-state index in [4.69, 9.17) is 21.3 Å². The minimum atomic E-state index is -1.48. The van der Waals surface area contributed by atoms with Crippen molar-refractivity contribution in [1.82, 2.24) is 9.55 Å². The van der Waals surface area contributed by atoms with Gasteiger partial charge in [0.1, 0.15) is 11.6 Å². The molecular formula is C32H31ClN4O3. The maximum atomic E-state index is 14.5. The van der Waals surface area contributed by atoms with Crippen LogP contribution >= 0.6 is 11.6 Å². The SMILES string of the molecule is Cc1ccc2c(c1)NC(=O)C21c2c(nc(-c3ccccc3OC(C)C)n2C(C)C)C(=O)N1c1cc(Cl)ccc1C. The molecule has 0 aliphatic carbocycles. The van der Waals surface area contributed by atoms with Gasteiger partial charge in [0, 0.05) is 22.3 Å². The smallest absolute Gasteiger partial charge is 0.280 e. The predicted molar refractivity (Wildman–Crippen MR) is 157 cm³/mol. The summed E-state index contributed by atoms with van der Waals surface area (Å²) < 4.78 is 8.16. The molecule has 4 aromatic rings. The number of aryl methyl sites for hydroxylation is 2. The van der Waals surface area contributed by atoms with Gasteiger partial charge in [-0.2, -0.15) is 0 Å². The Bertz CT molecular complexity index is 1710. The van der Waals surface area contributed by atoms with Crippen LogP contribution in [0.5, 0.6) is 5.75 Å². The van der Waals surface area contributed by atoms with Crippen LogP contribution in [0.3, 0.4) is 0 Å². The number of imidazole rings is 1. The fourth-order valence-electron chi connectivity index (χ4n) is 5.98. The van der Waals surface area contributed by atoms with Crippen LogP contribution < -0.4 is 15.0 Å². The van der Waals surface area contributed by atoms with Crippen molar-refractivity contribution in [2.45, 2.75) is 59.2 Å². The van der Waals surface area contributed by atoms with Gasteiger partial charge in [-0.3, -0.25) is 14.5 Å². The van der Waals surface area contributed by atoms with E-state index in [2.05, 4.69) is 5.32 Å². The molecule has 204 valence electrons. The molecule has 6 rings (SSSR count). The molecule has 0 bridgehead atoms. The summed E-state index contributed by atoms with van der Waals surface area (Å²) >= 11 is 6.45. The first-order valence-corrected chi connectivity index (χ1v) is 13.9. The molecule has 1 aromatic heterocycles. The number of hydrogen-bond acceptors (Lipinski definition) is 4. The highest BCUT2D eigenvalue weighted by atomic mass is 35.5. The molecule has 0 saturated carbocycles. The van der Waals surface area contributed by atoms with E-state index in [-0.39, 0.29) is 29.7 Å². The lowest BCUT2D eigenvalue weighted by Crippen LogP contribution is -2.51. The fraction of sp³-hybridized carbons (Fsp3) is 0.281. The van der Waals surface area contributed by atoms with Crippen LogP contribution in [0.1, 0.15) is 66.6 Å². The van der Waals surface area contributed by atoms with Gasteiger partial charge in [-0.25, -0.2) is 4.98 Å². The first kappa shape index (κ1) is 26.1. The number of anilines is 2. The number of para-hydroxylation sites is 1. The number of rotatable bonds is 5. The molecule has 8 heteroatoms. The predicted octanol–water partition coefficient (Wildman–Crippen LogP) is 7.04. The Hall–Kier alpha value is -4.10. The summed E-state index contributed by atoms with van der Waals surface area (Å²) in [5.74, 6) is 0.588. The first-order valence-electron chi connectivity index (χ1n) is 13.5. The highest BCUT2D eigenvalue weighted by Crippen LogP contribution is 2.55. The summed E-state index contributed by atoms with van der Waals surface area (Å²) in [5, 5.41) is 3.56. The van der Waals surface area contributed by atoms with Crippen molar-refractivity contribution in [3.8, 4) is 17.1 Å². The van der Waals surface area contributed by atoms with E-state index in [0.29, 0.717) is 39.2 Å². The van der Waals surface area contributed by atoms with Gasteiger partial charge >= 0.3 is 0 Å². The summed E-state index contributed by atoms with van der Waals surface area (Å²) in [6.07, 6.45) is -0.0551. The lowest BCUT2D eigenvalue weighted by Gasteiger charge is -2.36. The number of ether oxygens (including phenoxy) is 1. The highest BCUT2D eigenvalue weighted by Gasteiger charge is 2.64. The van der Waals surface area contributed by atoms with Crippen LogP contribution in [0, 0.1) is 13.8 Å². The number of benzene rings is 3. The monoisotopic (exact) mass is 554 g/mol. The molecule has 40 heavy (non-hydrogen) atoms. The van der Waals surface area contributed by atoms with Gasteiger partial charge in [-0.1, -0.05) is 41.9 Å². The van der Waals surface area contributed by atoms with Crippen molar-refractivity contribution in [2.24, 2.45) is 0 Å². The molecule has 7 nitrogen and oxygen atoms in total. The summed E-state index contributed by atoms with van der Waals surface area (Å²) in [6.45, 7) is 11.9. The number of halogens is 1. The topological polar surface area (TPSA) is 76.5 Å². The third-order valence-corrected chi connectivity index (χ3v) is 7.79. The Morgan fingerprint density at radius 1 is 0.975 bits per heavy atom. The van der Waals surface area contributed by atoms with Gasteiger partial charge in [-0.05, 0) is 83.0 Å². The van der Waals surface area contributed by atoms with E-state index < -0.39 is 5.54 Å². The van der Waals surface area contributed by atoms with Crippen LogP contribution in [0.15, 0.2) is 60.7 Å². The number of aromatic nitrogens is 2. The Balaban J connectivity index is 1.72. The zero-order valence-electron chi connectivity index (χ0n) is 23.4. The Morgan fingerprint density at radius 2 is 1.73 bits per heavy atom. The lowest BCUT2D eigenvalue weighted by molar-refractivity contribution is -0.119. The second-order valence-corrected chi connectivity index (χ2v) is 11.5. The third kappa shape index (κ3) is 3.60. The summed E-state index contributed by atoms with van der Waals surface area (Å²) in [5.41, 5.74) is 3.84. The minimum Gasteiger partial charge on any atom is -0.490 e. The van der Waals surface area contributed by atoms with Gasteiger partial charge < -0.3 is 14.6 Å². The zero-order valence-corrected chi connectivity index (χ0v) is 24.1. The number of fused-ring (bicyclic) bond motifs is 4. The Labute approximate surface area is 238 Å². The van der Waals surface area contributed by atoms with Crippen LogP contribution in [-0.2, 0) is 10.3 Å². The quantitative estimate of drug-likeness (QED) is 0.287. The van der Waals surface area contributed by atoms with Gasteiger partial charge in [-0.15, -0.1) is 0 Å². The largest absolute Gasteiger partial charge is 0.490 e. The maximum Gasteiger partial charge on any atom is 0.280 e. The number of nitrogens with one attached hydrogen (secondary N) is 1. The number of hydrogen-bond donors (Lipinski definition) is 1. The Kier molecular flexibility index (Phi) is 6.04. The Morgan fingerprint density at radius 3 is 2.45 bits per heavy atom. The molecule has 0 saturated heterocycles. The van der Waals surface area contributed by atoms with E-state index in [1.165, 1.54) is 0 Å². The minimum absolute atomic E-state index is 0.0551. The van der Waals surface area contributed by atoms with E-state index in [0.717, 1.165) is 16.7 Å². The van der Waals surface area contributed by atoms with Crippen LogP contribution in [-0.4, -0.2) is 27.5 Å². The van der Waals surface area contributed by atoms with Crippen molar-refractivity contribution in [3.63, 3.8) is 0 Å². The number of carbonyl (C=O) groups excluding carboxylic acids is 2. The number of nitrogens with zero attached hydrogens (tertiary/aromatic N) is 3. The van der Waals surface area contributed by atoms with Crippen LogP contribution in [0.25, 0.3) is 11.4 Å². The molecule has 3 heterocycles. The average molecular weight is 555 g/mol. The summed E-state index contributed by atoms with van der Waals surface area (Å²) in [6, 6.07) is 18.8. The first-order chi connectivity index (χ1) is 19.0. The van der Waals surface area contributed by atoms with E-state index >= 15 is 0 Å². The molecule has 1 spiro atoms. The molecule has 0 fully saturated rings. The summed E-state index contributed by atoms with van der Waals surface area (Å²) in [7, 11) is 0. The van der Waals surface area contributed by atoms with E-state index in [1.54, 1.807) is 17.0 Å². The van der Waals surface area contributed by atoms with Crippen molar-refractivity contribution in [3.05, 3.63) is 93.8 Å². The average Bonchev–Trinajstić information content (AvgIpc) is 3.49. The van der Waals surface area contributed by atoms with Crippen molar-refractivity contribution < 1.29 is 14.3 Å². The molecule has 0 radical (unpaired) electrons. The molecule has 2 aliphatic rings. The zero-order chi connectivity index (χ0) is 28.5. The van der Waals surface area contributed by atoms with E-state index in [1.807, 2.05) is 94.6 Å². The fourth-order valence-corrected chi connectivity index (χ4v) is 6.14. The number of carbonyl (C=O) groups is 2. The second kappa shape index (κ2) is 9.24. The van der Waals surface area contributed by atoms with Crippen molar-refractivity contribution in [2.75, 3.05) is 10.2 Å². The second-order valence-electron chi connectivity index (χ2n) is 11.0. The number of amides is 2. The molecule has 2 amide bonds. The van der Waals surface area contributed by atoms with E-state index in [9.17, 15) is 9.59 Å². The molecule has 1 atom stereocenters. The molecule has 3 aromatic carbocycles. The van der Waals surface area contributed by atoms with Gasteiger partial charge in [0.25, 0.3) is 11.8 Å². The third-order valence-electron chi connectivity index (χ3n) is 7.56.